The predicted molar refractivity (Wildman–Crippen MR) is 145 cm³/mol. The van der Waals surface area contributed by atoms with Gasteiger partial charge in [-0.25, -0.2) is 9.78 Å². The average Bonchev–Trinajstić information content (AvgIpc) is 3.43. The van der Waals surface area contributed by atoms with Crippen molar-refractivity contribution in [1.29, 1.82) is 0 Å². The minimum atomic E-state index is -1.66. The fourth-order valence-electron chi connectivity index (χ4n) is 5.07. The van der Waals surface area contributed by atoms with Gasteiger partial charge in [0.25, 0.3) is 11.8 Å². The first-order valence-electron chi connectivity index (χ1n) is 13.0. The van der Waals surface area contributed by atoms with Gasteiger partial charge in [-0.15, -0.1) is 0 Å². The van der Waals surface area contributed by atoms with Crippen molar-refractivity contribution in [3.63, 3.8) is 0 Å². The van der Waals surface area contributed by atoms with Gasteiger partial charge in [-0.2, -0.15) is 0 Å². The zero-order chi connectivity index (χ0) is 28.3. The Hall–Kier alpha value is -4.34. The Balaban J connectivity index is 1.39. The fraction of sp³-hybridized carbons (Fsp3) is 0.429. The Kier molecular flexibility index (Phi) is 7.77. The fourth-order valence-corrected chi connectivity index (χ4v) is 5.07. The van der Waals surface area contributed by atoms with E-state index < -0.39 is 17.5 Å². The summed E-state index contributed by atoms with van der Waals surface area (Å²) < 4.78 is 15.9. The minimum absolute atomic E-state index is 0.140. The lowest BCUT2D eigenvalue weighted by Crippen LogP contribution is -2.54. The van der Waals surface area contributed by atoms with Crippen LogP contribution in [0, 0.1) is 11.8 Å². The predicted octanol–water partition coefficient (Wildman–Crippen LogP) is 0.453. The summed E-state index contributed by atoms with van der Waals surface area (Å²) in [6.45, 7) is 5.05. The van der Waals surface area contributed by atoms with E-state index in [4.69, 9.17) is 19.2 Å². The third-order valence-electron chi connectivity index (χ3n) is 7.33. The summed E-state index contributed by atoms with van der Waals surface area (Å²) in [5.74, 6) is 6.73. The van der Waals surface area contributed by atoms with E-state index in [1.165, 1.54) is 19.1 Å². The summed E-state index contributed by atoms with van der Waals surface area (Å²) in [7, 11) is 4.75. The van der Waals surface area contributed by atoms with Gasteiger partial charge in [0.05, 0.1) is 27.4 Å². The van der Waals surface area contributed by atoms with Gasteiger partial charge in [-0.1, -0.05) is 12.0 Å². The molecule has 2 fully saturated rings. The molecule has 2 saturated heterocycles. The molecule has 4 heterocycles. The molecule has 3 aliphatic rings. The van der Waals surface area contributed by atoms with Crippen LogP contribution in [0.15, 0.2) is 30.3 Å². The summed E-state index contributed by atoms with van der Waals surface area (Å²) in [5.41, 5.74) is -0.0346. The molecule has 1 atom stereocenters. The first kappa shape index (κ1) is 27.2. The van der Waals surface area contributed by atoms with Crippen LogP contribution in [0.1, 0.15) is 21.6 Å². The quantitative estimate of drug-likeness (QED) is 0.357. The molecule has 4 amide bonds. The molecule has 40 heavy (non-hydrogen) atoms. The number of piperazine rings is 1. The van der Waals surface area contributed by atoms with E-state index in [1.54, 1.807) is 25.3 Å². The van der Waals surface area contributed by atoms with E-state index in [-0.39, 0.29) is 19.0 Å². The number of ether oxygens (including phenoxy) is 3. The second-order valence-corrected chi connectivity index (χ2v) is 9.79. The van der Waals surface area contributed by atoms with Gasteiger partial charge in [-0.05, 0) is 35.7 Å². The van der Waals surface area contributed by atoms with Crippen molar-refractivity contribution in [1.82, 2.24) is 25.4 Å². The molecule has 2 aromatic rings. The van der Waals surface area contributed by atoms with Gasteiger partial charge in [0.2, 0.25) is 5.54 Å². The smallest absolute Gasteiger partial charge is 0.323 e. The molecule has 0 spiro atoms. The molecule has 0 unspecified atom stereocenters. The summed E-state index contributed by atoms with van der Waals surface area (Å²) in [4.78, 5) is 49.2. The summed E-state index contributed by atoms with van der Waals surface area (Å²) in [6, 6.07) is 8.25. The molecule has 0 radical (unpaired) electrons. The molecule has 0 aliphatic carbocycles. The van der Waals surface area contributed by atoms with Gasteiger partial charge in [0, 0.05) is 51.9 Å². The van der Waals surface area contributed by atoms with Gasteiger partial charge in [0.1, 0.15) is 11.6 Å². The maximum atomic E-state index is 13.2. The first-order valence-corrected chi connectivity index (χ1v) is 13.0. The van der Waals surface area contributed by atoms with E-state index in [1.807, 2.05) is 12.1 Å². The minimum Gasteiger partial charge on any atom is -0.497 e. The van der Waals surface area contributed by atoms with Crippen LogP contribution in [0.2, 0.25) is 0 Å². The maximum absolute atomic E-state index is 13.2. The topological polar surface area (TPSA) is 126 Å². The third kappa shape index (κ3) is 5.38. The highest BCUT2D eigenvalue weighted by molar-refractivity contribution is 6.10. The van der Waals surface area contributed by atoms with Gasteiger partial charge in [-0.3, -0.25) is 19.8 Å². The van der Waals surface area contributed by atoms with Crippen molar-refractivity contribution in [2.45, 2.75) is 12.1 Å². The van der Waals surface area contributed by atoms with Crippen LogP contribution in [0.3, 0.4) is 0 Å². The molecular weight excluding hydrogens is 516 g/mol. The van der Waals surface area contributed by atoms with Gasteiger partial charge >= 0.3 is 6.03 Å². The number of benzene rings is 1. The standard InChI is InChI=1S/C28H32N6O6/c1-38-15-14-32-10-12-33(13-11-32)24-7-6-23(40-3)22(29-24)8-9-28(26(36)30-27(37)31-28)18-34-17-19-4-5-20(39-2)16-21(19)25(34)35/h4-7,16H,10-15,17-18H2,1-3H3,(H2,30,31,36,37)/t28-/m1/s1. The Morgan fingerprint density at radius 1 is 1.02 bits per heavy atom. The Bertz CT molecular complexity index is 1380. The lowest BCUT2D eigenvalue weighted by molar-refractivity contribution is -0.122. The van der Waals surface area contributed by atoms with Crippen LogP contribution in [0.4, 0.5) is 10.6 Å². The Labute approximate surface area is 232 Å². The highest BCUT2D eigenvalue weighted by Crippen LogP contribution is 2.29. The van der Waals surface area contributed by atoms with E-state index in [9.17, 15) is 14.4 Å². The van der Waals surface area contributed by atoms with Crippen LogP contribution >= 0.6 is 0 Å². The normalized spacial score (nSPS) is 20.5. The van der Waals surface area contributed by atoms with Gasteiger partial charge in [0.15, 0.2) is 11.4 Å². The molecule has 3 aliphatic heterocycles. The number of amides is 4. The second kappa shape index (κ2) is 11.4. The average molecular weight is 549 g/mol. The number of hydrogen-bond acceptors (Lipinski definition) is 9. The number of urea groups is 1. The molecule has 1 aromatic heterocycles. The number of nitrogens with one attached hydrogen (secondary N) is 2. The lowest BCUT2D eigenvalue weighted by atomic mass is 9.99. The third-order valence-corrected chi connectivity index (χ3v) is 7.33. The Morgan fingerprint density at radius 3 is 2.50 bits per heavy atom. The van der Waals surface area contributed by atoms with Crippen molar-refractivity contribution in [3.05, 3.63) is 47.2 Å². The van der Waals surface area contributed by atoms with Crippen LogP contribution in [0.5, 0.6) is 11.5 Å². The molecule has 12 heteroatoms. The Morgan fingerprint density at radius 2 is 1.82 bits per heavy atom. The second-order valence-electron chi connectivity index (χ2n) is 9.79. The van der Waals surface area contributed by atoms with Crippen LogP contribution in [-0.2, 0) is 16.1 Å². The number of methoxy groups -OCH3 is 3. The number of rotatable bonds is 8. The zero-order valence-corrected chi connectivity index (χ0v) is 22.8. The van der Waals surface area contributed by atoms with E-state index >= 15 is 0 Å². The first-order chi connectivity index (χ1) is 19.4. The lowest BCUT2D eigenvalue weighted by Gasteiger charge is -2.35. The number of imide groups is 1. The number of nitrogens with zero attached hydrogens (tertiary/aromatic N) is 4. The molecule has 5 rings (SSSR count). The SMILES string of the molecule is COCCN1CCN(c2ccc(OC)c(C#C[C@]3(CN4Cc5ccc(OC)cc5C4=O)NC(=O)NC3=O)n2)CC1. The largest absolute Gasteiger partial charge is 0.497 e. The van der Waals surface area contributed by atoms with E-state index in [2.05, 4.69) is 32.3 Å². The molecule has 0 bridgehead atoms. The zero-order valence-electron chi connectivity index (χ0n) is 22.8. The van der Waals surface area contributed by atoms with E-state index in [0.29, 0.717) is 29.4 Å². The summed E-state index contributed by atoms with van der Waals surface area (Å²) >= 11 is 0. The molecule has 0 saturated carbocycles. The molecule has 210 valence electrons. The number of carbonyl (C=O) groups is 3. The number of anilines is 1. The van der Waals surface area contributed by atoms with Crippen molar-refractivity contribution >= 4 is 23.7 Å². The van der Waals surface area contributed by atoms with Crippen molar-refractivity contribution in [2.24, 2.45) is 0 Å². The molecular formula is C28H32N6O6. The maximum Gasteiger partial charge on any atom is 0.323 e. The molecule has 12 nitrogen and oxygen atoms in total. The number of fused-ring (bicyclic) bond motifs is 1. The number of hydrogen-bond donors (Lipinski definition) is 2. The number of carbonyl (C=O) groups excluding carboxylic acids is 3. The monoisotopic (exact) mass is 548 g/mol. The molecule has 2 N–H and O–H groups in total. The van der Waals surface area contributed by atoms with Crippen LogP contribution in [0.25, 0.3) is 0 Å². The van der Waals surface area contributed by atoms with Crippen molar-refractivity contribution in [3.8, 4) is 23.3 Å². The van der Waals surface area contributed by atoms with E-state index in [0.717, 1.165) is 44.1 Å². The summed E-state index contributed by atoms with van der Waals surface area (Å²) in [5, 5.41) is 4.89. The highest BCUT2D eigenvalue weighted by Gasteiger charge is 2.48. The number of pyridine rings is 1. The van der Waals surface area contributed by atoms with Crippen LogP contribution < -0.4 is 25.0 Å². The highest BCUT2D eigenvalue weighted by atomic mass is 16.5. The molecule has 1 aromatic carbocycles. The summed E-state index contributed by atoms with van der Waals surface area (Å²) in [6.07, 6.45) is 0. The van der Waals surface area contributed by atoms with Crippen LogP contribution in [-0.4, -0.2) is 105 Å². The van der Waals surface area contributed by atoms with Crippen molar-refractivity contribution in [2.75, 3.05) is 72.1 Å². The number of aromatic nitrogens is 1. The van der Waals surface area contributed by atoms with Crippen molar-refractivity contribution < 1.29 is 28.6 Å². The van der Waals surface area contributed by atoms with Gasteiger partial charge < -0.3 is 29.3 Å².